The molecule has 0 radical (unpaired) electrons. The molecule has 2 fully saturated rings. The monoisotopic (exact) mass is 334 g/mol. The smallest absolute Gasteiger partial charge is 0.244 e. The van der Waals surface area contributed by atoms with Gasteiger partial charge in [-0.1, -0.05) is 18.2 Å². The van der Waals surface area contributed by atoms with Crippen LogP contribution in [0.15, 0.2) is 30.5 Å². The molecule has 0 aliphatic carbocycles. The molecule has 2 aromatic rings. The minimum absolute atomic E-state index is 0. The van der Waals surface area contributed by atoms with Crippen molar-refractivity contribution in [3.05, 3.63) is 30.5 Å². The lowest BCUT2D eigenvalue weighted by Crippen LogP contribution is -2.45. The van der Waals surface area contributed by atoms with Crippen LogP contribution in [0.5, 0.6) is 0 Å². The maximum Gasteiger partial charge on any atom is 0.244 e. The van der Waals surface area contributed by atoms with Crippen molar-refractivity contribution in [2.45, 2.75) is 25.8 Å². The molecule has 1 spiro atoms. The number of hydrogen-bond acceptors (Lipinski definition) is 3. The predicted octanol–water partition coefficient (Wildman–Crippen LogP) is 2.06. The second-order valence-corrected chi connectivity index (χ2v) is 6.67. The number of carbonyl (C=O) groups is 1. The number of fused-ring (bicyclic) bond motifs is 1. The predicted molar refractivity (Wildman–Crippen MR) is 92.7 cm³/mol. The van der Waals surface area contributed by atoms with Crippen molar-refractivity contribution >= 4 is 29.2 Å². The topological polar surface area (TPSA) is 50.2 Å². The number of likely N-dealkylation sites (tertiary alicyclic amines) is 1. The van der Waals surface area contributed by atoms with Crippen molar-refractivity contribution < 1.29 is 4.79 Å². The molecule has 4 rings (SSSR count). The maximum atomic E-state index is 12.6. The minimum atomic E-state index is 0. The normalized spacial score (nSPS) is 19.9. The first kappa shape index (κ1) is 16.3. The van der Waals surface area contributed by atoms with Gasteiger partial charge in [-0.2, -0.15) is 5.10 Å². The van der Waals surface area contributed by atoms with Gasteiger partial charge in [0.25, 0.3) is 0 Å². The Labute approximate surface area is 142 Å². The first-order valence-electron chi connectivity index (χ1n) is 8.15. The summed E-state index contributed by atoms with van der Waals surface area (Å²) in [6.45, 7) is 4.38. The van der Waals surface area contributed by atoms with Crippen molar-refractivity contribution in [2.24, 2.45) is 5.41 Å². The largest absolute Gasteiger partial charge is 0.341 e. The van der Waals surface area contributed by atoms with E-state index in [2.05, 4.69) is 10.4 Å². The summed E-state index contributed by atoms with van der Waals surface area (Å²) >= 11 is 0. The van der Waals surface area contributed by atoms with E-state index in [4.69, 9.17) is 0 Å². The van der Waals surface area contributed by atoms with Gasteiger partial charge in [0, 0.05) is 25.0 Å². The Morgan fingerprint density at radius 1 is 1.22 bits per heavy atom. The van der Waals surface area contributed by atoms with Crippen LogP contribution >= 0.6 is 12.4 Å². The SMILES string of the molecule is Cl.O=C(Cn1ncc2ccccc21)N1CCC2(CCNC2)CC1. The van der Waals surface area contributed by atoms with Crippen molar-refractivity contribution in [1.82, 2.24) is 20.0 Å². The Bertz CT molecular complexity index is 683. The lowest BCUT2D eigenvalue weighted by molar-refractivity contribution is -0.134. The lowest BCUT2D eigenvalue weighted by atomic mass is 9.78. The summed E-state index contributed by atoms with van der Waals surface area (Å²) in [4.78, 5) is 14.6. The fourth-order valence-corrected chi connectivity index (χ4v) is 3.83. The van der Waals surface area contributed by atoms with Gasteiger partial charge in [-0.15, -0.1) is 12.4 Å². The van der Waals surface area contributed by atoms with Gasteiger partial charge in [0.2, 0.25) is 5.91 Å². The number of piperidine rings is 1. The van der Waals surface area contributed by atoms with Crippen LogP contribution in [-0.4, -0.2) is 46.8 Å². The first-order valence-corrected chi connectivity index (χ1v) is 8.15. The number of benzene rings is 1. The zero-order valence-electron chi connectivity index (χ0n) is 13.2. The van der Waals surface area contributed by atoms with Crippen LogP contribution in [0.25, 0.3) is 10.9 Å². The molecule has 0 atom stereocenters. The number of halogens is 1. The van der Waals surface area contributed by atoms with E-state index in [0.29, 0.717) is 12.0 Å². The Morgan fingerprint density at radius 2 is 2.00 bits per heavy atom. The lowest BCUT2D eigenvalue weighted by Gasteiger charge is -2.38. The molecule has 1 amide bonds. The van der Waals surface area contributed by atoms with Crippen LogP contribution in [0.3, 0.4) is 0 Å². The third-order valence-electron chi connectivity index (χ3n) is 5.34. The molecule has 0 bridgehead atoms. The van der Waals surface area contributed by atoms with Crippen LogP contribution in [-0.2, 0) is 11.3 Å². The quantitative estimate of drug-likeness (QED) is 0.914. The van der Waals surface area contributed by atoms with Gasteiger partial charge in [-0.3, -0.25) is 9.48 Å². The Kier molecular flexibility index (Phi) is 4.60. The van der Waals surface area contributed by atoms with Gasteiger partial charge in [0.1, 0.15) is 6.54 Å². The number of amides is 1. The molecule has 23 heavy (non-hydrogen) atoms. The number of nitrogens with one attached hydrogen (secondary N) is 1. The highest BCUT2D eigenvalue weighted by Crippen LogP contribution is 2.36. The molecule has 2 aliphatic heterocycles. The van der Waals surface area contributed by atoms with Gasteiger partial charge < -0.3 is 10.2 Å². The van der Waals surface area contributed by atoms with E-state index in [0.717, 1.165) is 49.9 Å². The van der Waals surface area contributed by atoms with Gasteiger partial charge >= 0.3 is 0 Å². The van der Waals surface area contributed by atoms with E-state index in [9.17, 15) is 4.79 Å². The van der Waals surface area contributed by atoms with Crippen LogP contribution in [0.1, 0.15) is 19.3 Å². The summed E-state index contributed by atoms with van der Waals surface area (Å²) in [7, 11) is 0. The van der Waals surface area contributed by atoms with Gasteiger partial charge in [0.05, 0.1) is 11.7 Å². The molecule has 6 heteroatoms. The van der Waals surface area contributed by atoms with Crippen molar-refractivity contribution in [1.29, 1.82) is 0 Å². The van der Waals surface area contributed by atoms with Gasteiger partial charge in [-0.05, 0) is 37.3 Å². The molecule has 3 heterocycles. The highest BCUT2D eigenvalue weighted by molar-refractivity contribution is 5.85. The van der Waals surface area contributed by atoms with Gasteiger partial charge in [-0.25, -0.2) is 0 Å². The number of hydrogen-bond donors (Lipinski definition) is 1. The highest BCUT2D eigenvalue weighted by Gasteiger charge is 2.38. The summed E-state index contributed by atoms with van der Waals surface area (Å²) in [6.07, 6.45) is 5.36. The number of rotatable bonds is 2. The molecule has 124 valence electrons. The molecular formula is C17H23ClN4O. The van der Waals surface area contributed by atoms with Gasteiger partial charge in [0.15, 0.2) is 0 Å². The standard InChI is InChI=1S/C17H22N4O.ClH/c22-16(12-21-15-4-2-1-3-14(15)11-19-21)20-9-6-17(7-10-20)5-8-18-13-17;/h1-4,11,18H,5-10,12-13H2;1H. The fraction of sp³-hybridized carbons (Fsp3) is 0.529. The van der Waals surface area contributed by atoms with Crippen LogP contribution in [0, 0.1) is 5.41 Å². The molecular weight excluding hydrogens is 312 g/mol. The fourth-order valence-electron chi connectivity index (χ4n) is 3.83. The maximum absolute atomic E-state index is 12.6. The van der Waals surface area contributed by atoms with E-state index in [-0.39, 0.29) is 18.3 Å². The second kappa shape index (κ2) is 6.49. The average molecular weight is 335 g/mol. The summed E-state index contributed by atoms with van der Waals surface area (Å²) in [5.41, 5.74) is 1.49. The van der Waals surface area contributed by atoms with Crippen LogP contribution in [0.4, 0.5) is 0 Å². The zero-order chi connectivity index (χ0) is 15.0. The highest BCUT2D eigenvalue weighted by atomic mass is 35.5. The number of carbonyl (C=O) groups excluding carboxylic acids is 1. The molecule has 2 aliphatic rings. The average Bonchev–Trinajstić information content (AvgIpc) is 3.16. The number of nitrogens with zero attached hydrogens (tertiary/aromatic N) is 3. The molecule has 2 saturated heterocycles. The molecule has 0 saturated carbocycles. The summed E-state index contributed by atoms with van der Waals surface area (Å²) in [6, 6.07) is 8.03. The summed E-state index contributed by atoms with van der Waals surface area (Å²) in [5, 5.41) is 8.91. The summed E-state index contributed by atoms with van der Waals surface area (Å²) in [5.74, 6) is 0.189. The summed E-state index contributed by atoms with van der Waals surface area (Å²) < 4.78 is 1.82. The Hall–Kier alpha value is -1.59. The van der Waals surface area contributed by atoms with Crippen molar-refractivity contribution in [3.63, 3.8) is 0 Å². The minimum Gasteiger partial charge on any atom is -0.341 e. The van der Waals surface area contributed by atoms with E-state index in [1.165, 1.54) is 6.42 Å². The molecule has 0 unspecified atom stereocenters. The number of para-hydroxylation sites is 1. The van der Waals surface area contributed by atoms with Crippen molar-refractivity contribution in [2.75, 3.05) is 26.2 Å². The van der Waals surface area contributed by atoms with Crippen LogP contribution < -0.4 is 5.32 Å². The molecule has 5 nitrogen and oxygen atoms in total. The van der Waals surface area contributed by atoms with E-state index in [1.54, 1.807) is 0 Å². The molecule has 1 aromatic carbocycles. The Balaban J connectivity index is 0.00000156. The van der Waals surface area contributed by atoms with E-state index in [1.807, 2.05) is 40.0 Å². The van der Waals surface area contributed by atoms with E-state index >= 15 is 0 Å². The second-order valence-electron chi connectivity index (χ2n) is 6.67. The zero-order valence-corrected chi connectivity index (χ0v) is 14.0. The third-order valence-corrected chi connectivity index (χ3v) is 5.34. The Morgan fingerprint density at radius 3 is 2.74 bits per heavy atom. The molecule has 1 N–H and O–H groups in total. The van der Waals surface area contributed by atoms with E-state index < -0.39 is 0 Å². The van der Waals surface area contributed by atoms with Crippen molar-refractivity contribution in [3.8, 4) is 0 Å². The third kappa shape index (κ3) is 3.08. The first-order chi connectivity index (χ1) is 10.8. The number of aromatic nitrogens is 2. The molecule has 1 aromatic heterocycles. The van der Waals surface area contributed by atoms with Crippen LogP contribution in [0.2, 0.25) is 0 Å².